The summed E-state index contributed by atoms with van der Waals surface area (Å²) in [6.45, 7) is 3.54. The minimum absolute atomic E-state index is 0.248. The first kappa shape index (κ1) is 14.7. The second-order valence-electron chi connectivity index (χ2n) is 5.12. The van der Waals surface area contributed by atoms with Gasteiger partial charge in [-0.1, -0.05) is 0 Å². The Kier molecular flexibility index (Phi) is 4.48. The van der Waals surface area contributed by atoms with Crippen LogP contribution in [0.15, 0.2) is 48.8 Å². The van der Waals surface area contributed by atoms with Crippen LogP contribution in [0.4, 0.5) is 15.8 Å². The highest BCUT2D eigenvalue weighted by Gasteiger charge is 2.19. The van der Waals surface area contributed by atoms with Crippen LogP contribution < -0.4 is 10.2 Å². The molecule has 114 valence electrons. The van der Waals surface area contributed by atoms with Gasteiger partial charge in [-0.15, -0.1) is 0 Å². The van der Waals surface area contributed by atoms with Gasteiger partial charge in [-0.25, -0.2) is 4.39 Å². The Balaban J connectivity index is 1.54. The molecule has 0 atom stereocenters. The molecule has 0 radical (unpaired) electrons. The van der Waals surface area contributed by atoms with Crippen molar-refractivity contribution in [3.8, 4) is 0 Å². The zero-order chi connectivity index (χ0) is 15.4. The van der Waals surface area contributed by atoms with E-state index >= 15 is 0 Å². The van der Waals surface area contributed by atoms with E-state index in [-0.39, 0.29) is 5.82 Å². The smallest absolute Gasteiger partial charge is 0.173 e. The lowest BCUT2D eigenvalue weighted by Gasteiger charge is -2.37. The number of thiocarbonyl (C=S) groups is 1. The molecule has 1 aliphatic rings. The Morgan fingerprint density at radius 2 is 1.64 bits per heavy atom. The summed E-state index contributed by atoms with van der Waals surface area (Å²) in [4.78, 5) is 8.50. The maximum Gasteiger partial charge on any atom is 0.173 e. The van der Waals surface area contributed by atoms with E-state index in [1.165, 1.54) is 17.8 Å². The Morgan fingerprint density at radius 3 is 2.27 bits per heavy atom. The number of anilines is 2. The summed E-state index contributed by atoms with van der Waals surface area (Å²) in [5.41, 5.74) is 2.00. The van der Waals surface area contributed by atoms with Crippen molar-refractivity contribution in [3.63, 3.8) is 0 Å². The number of halogens is 1. The van der Waals surface area contributed by atoms with Gasteiger partial charge in [0.15, 0.2) is 5.11 Å². The molecule has 2 aromatic rings. The average Bonchev–Trinajstić information content (AvgIpc) is 2.58. The molecule has 1 fully saturated rings. The van der Waals surface area contributed by atoms with Crippen molar-refractivity contribution in [2.24, 2.45) is 0 Å². The third-order valence-electron chi connectivity index (χ3n) is 3.69. The van der Waals surface area contributed by atoms with Crippen LogP contribution in [-0.4, -0.2) is 41.2 Å². The van der Waals surface area contributed by atoms with Crippen LogP contribution in [0.3, 0.4) is 0 Å². The zero-order valence-corrected chi connectivity index (χ0v) is 12.9. The molecule has 4 nitrogen and oxygen atoms in total. The molecule has 0 aliphatic carbocycles. The summed E-state index contributed by atoms with van der Waals surface area (Å²) in [5, 5.41) is 3.84. The van der Waals surface area contributed by atoms with E-state index < -0.39 is 0 Å². The molecular formula is C16H17FN4S. The van der Waals surface area contributed by atoms with Gasteiger partial charge in [0.05, 0.1) is 0 Å². The third kappa shape index (κ3) is 3.51. The van der Waals surface area contributed by atoms with Crippen molar-refractivity contribution in [3.05, 3.63) is 54.6 Å². The third-order valence-corrected chi connectivity index (χ3v) is 4.05. The topological polar surface area (TPSA) is 31.4 Å². The van der Waals surface area contributed by atoms with E-state index in [0.717, 1.165) is 31.9 Å². The molecule has 2 heterocycles. The number of piperazine rings is 1. The molecule has 6 heteroatoms. The molecular weight excluding hydrogens is 299 g/mol. The van der Waals surface area contributed by atoms with Crippen LogP contribution in [0.1, 0.15) is 0 Å². The number of nitrogens with zero attached hydrogens (tertiary/aromatic N) is 3. The Hall–Kier alpha value is -2.21. The highest BCUT2D eigenvalue weighted by atomic mass is 32.1. The summed E-state index contributed by atoms with van der Waals surface area (Å²) < 4.78 is 12.9. The molecule has 0 unspecified atom stereocenters. The van der Waals surface area contributed by atoms with Crippen molar-refractivity contribution in [1.82, 2.24) is 9.88 Å². The van der Waals surface area contributed by atoms with Crippen LogP contribution >= 0.6 is 12.2 Å². The molecule has 0 spiro atoms. The van der Waals surface area contributed by atoms with Gasteiger partial charge in [0.25, 0.3) is 0 Å². The predicted octanol–water partition coefficient (Wildman–Crippen LogP) is 2.74. The van der Waals surface area contributed by atoms with Crippen molar-refractivity contribution in [2.45, 2.75) is 0 Å². The van der Waals surface area contributed by atoms with E-state index in [1.807, 2.05) is 24.5 Å². The molecule has 3 rings (SSSR count). The maximum atomic E-state index is 12.9. The highest BCUT2D eigenvalue weighted by molar-refractivity contribution is 7.80. The minimum atomic E-state index is -0.248. The lowest BCUT2D eigenvalue weighted by molar-refractivity contribution is 0.391. The summed E-state index contributed by atoms with van der Waals surface area (Å²) in [6, 6.07) is 10.3. The Bertz CT molecular complexity index is 624. The second kappa shape index (κ2) is 6.70. The fourth-order valence-electron chi connectivity index (χ4n) is 2.46. The van der Waals surface area contributed by atoms with Gasteiger partial charge in [-0.3, -0.25) is 4.98 Å². The van der Waals surface area contributed by atoms with Gasteiger partial charge >= 0.3 is 0 Å². The summed E-state index contributed by atoms with van der Waals surface area (Å²) in [7, 11) is 0. The van der Waals surface area contributed by atoms with Gasteiger partial charge in [-0.2, -0.15) is 0 Å². The fourth-order valence-corrected chi connectivity index (χ4v) is 2.76. The first-order chi connectivity index (χ1) is 10.7. The van der Waals surface area contributed by atoms with Crippen molar-refractivity contribution in [2.75, 3.05) is 36.4 Å². The lowest BCUT2D eigenvalue weighted by atomic mass is 10.2. The normalized spacial score (nSPS) is 14.8. The van der Waals surface area contributed by atoms with Gasteiger partial charge in [-0.05, 0) is 48.6 Å². The van der Waals surface area contributed by atoms with Crippen LogP contribution in [0.5, 0.6) is 0 Å². The van der Waals surface area contributed by atoms with Crippen molar-refractivity contribution >= 4 is 28.7 Å². The standard InChI is InChI=1S/C16H17FN4S/c17-13-1-3-14(4-2-13)19-16(22)21-11-9-20(10-12-21)15-5-7-18-8-6-15/h1-8H,9-12H2,(H,19,22). The summed E-state index contributed by atoms with van der Waals surface area (Å²) in [6.07, 6.45) is 3.62. The summed E-state index contributed by atoms with van der Waals surface area (Å²) >= 11 is 5.44. The van der Waals surface area contributed by atoms with E-state index in [4.69, 9.17) is 12.2 Å². The number of aromatic nitrogens is 1. The Morgan fingerprint density at radius 1 is 1.00 bits per heavy atom. The van der Waals surface area contributed by atoms with E-state index in [0.29, 0.717) is 5.11 Å². The number of hydrogen-bond donors (Lipinski definition) is 1. The molecule has 1 aliphatic heterocycles. The SMILES string of the molecule is Fc1ccc(NC(=S)N2CCN(c3ccncc3)CC2)cc1. The van der Waals surface area contributed by atoms with Crippen LogP contribution in [0.25, 0.3) is 0 Å². The van der Waals surface area contributed by atoms with E-state index in [2.05, 4.69) is 20.1 Å². The molecule has 1 N–H and O–H groups in total. The first-order valence-corrected chi connectivity index (χ1v) is 7.60. The van der Waals surface area contributed by atoms with Crippen LogP contribution in [-0.2, 0) is 0 Å². The van der Waals surface area contributed by atoms with E-state index in [1.54, 1.807) is 12.1 Å². The molecule has 0 saturated carbocycles. The van der Waals surface area contributed by atoms with Crippen molar-refractivity contribution < 1.29 is 4.39 Å². The van der Waals surface area contributed by atoms with Crippen LogP contribution in [0, 0.1) is 5.82 Å². The zero-order valence-electron chi connectivity index (χ0n) is 12.1. The maximum absolute atomic E-state index is 12.9. The number of benzene rings is 1. The predicted molar refractivity (Wildman–Crippen MR) is 90.6 cm³/mol. The molecule has 0 bridgehead atoms. The van der Waals surface area contributed by atoms with Gasteiger partial charge in [0.1, 0.15) is 5.82 Å². The van der Waals surface area contributed by atoms with Gasteiger partial charge < -0.3 is 15.1 Å². The van der Waals surface area contributed by atoms with Gasteiger partial charge in [0, 0.05) is 49.9 Å². The second-order valence-corrected chi connectivity index (χ2v) is 5.50. The fraction of sp³-hybridized carbons (Fsp3) is 0.250. The monoisotopic (exact) mass is 316 g/mol. The number of rotatable bonds is 2. The van der Waals surface area contributed by atoms with Crippen LogP contribution in [0.2, 0.25) is 0 Å². The molecule has 1 aromatic heterocycles. The molecule has 0 amide bonds. The van der Waals surface area contributed by atoms with Crippen molar-refractivity contribution in [1.29, 1.82) is 0 Å². The average molecular weight is 316 g/mol. The summed E-state index contributed by atoms with van der Waals surface area (Å²) in [5.74, 6) is -0.248. The minimum Gasteiger partial charge on any atom is -0.368 e. The largest absolute Gasteiger partial charge is 0.368 e. The molecule has 1 saturated heterocycles. The Labute approximate surface area is 134 Å². The number of hydrogen-bond acceptors (Lipinski definition) is 3. The first-order valence-electron chi connectivity index (χ1n) is 7.19. The lowest BCUT2D eigenvalue weighted by Crippen LogP contribution is -2.50. The molecule has 22 heavy (non-hydrogen) atoms. The quantitative estimate of drug-likeness (QED) is 0.861. The highest BCUT2D eigenvalue weighted by Crippen LogP contribution is 2.16. The molecule has 1 aromatic carbocycles. The van der Waals surface area contributed by atoms with Gasteiger partial charge in [0.2, 0.25) is 0 Å². The van der Waals surface area contributed by atoms with E-state index in [9.17, 15) is 4.39 Å². The number of nitrogens with one attached hydrogen (secondary N) is 1. The number of pyridine rings is 1.